The zero-order valence-corrected chi connectivity index (χ0v) is 17.4. The summed E-state index contributed by atoms with van der Waals surface area (Å²) in [6.07, 6.45) is 0.555. The first-order valence-electron chi connectivity index (χ1n) is 9.50. The van der Waals surface area contributed by atoms with Crippen LogP contribution < -0.4 is 9.62 Å². The molecule has 0 bridgehead atoms. The fraction of sp³-hybridized carbons (Fsp3) is 0.238. The van der Waals surface area contributed by atoms with E-state index in [-0.39, 0.29) is 11.3 Å². The van der Waals surface area contributed by atoms with Crippen molar-refractivity contribution in [2.24, 2.45) is 0 Å². The normalized spacial score (nSPS) is 15.4. The number of carbonyl (C=O) groups is 1. The number of carbonyl (C=O) groups excluding carboxylic acids is 1. The molecule has 0 radical (unpaired) electrons. The van der Waals surface area contributed by atoms with E-state index >= 15 is 0 Å². The van der Waals surface area contributed by atoms with Crippen LogP contribution in [0, 0.1) is 19.7 Å². The van der Waals surface area contributed by atoms with Crippen LogP contribution in [0.4, 0.5) is 15.8 Å². The highest BCUT2D eigenvalue weighted by Crippen LogP contribution is 2.25. The van der Waals surface area contributed by atoms with Crippen LogP contribution in [0.5, 0.6) is 0 Å². The molecule has 0 spiro atoms. The van der Waals surface area contributed by atoms with Gasteiger partial charge in [0.15, 0.2) is 5.82 Å². The summed E-state index contributed by atoms with van der Waals surface area (Å²) in [7, 11) is -3.34. The molecule has 3 aromatic rings. The number of nitrogens with zero attached hydrogens (tertiary/aromatic N) is 3. The molecule has 30 heavy (non-hydrogen) atoms. The zero-order chi connectivity index (χ0) is 21.5. The van der Waals surface area contributed by atoms with Crippen molar-refractivity contribution in [1.29, 1.82) is 0 Å². The summed E-state index contributed by atoms with van der Waals surface area (Å²) in [4.78, 5) is 12.6. The van der Waals surface area contributed by atoms with Gasteiger partial charge >= 0.3 is 0 Å². The summed E-state index contributed by atoms with van der Waals surface area (Å²) in [6, 6.07) is 12.6. The second-order valence-electron chi connectivity index (χ2n) is 7.25. The second kappa shape index (κ2) is 7.56. The van der Waals surface area contributed by atoms with E-state index in [1.54, 1.807) is 30.3 Å². The van der Waals surface area contributed by atoms with E-state index in [9.17, 15) is 17.6 Å². The molecule has 9 heteroatoms. The molecule has 2 aromatic carbocycles. The molecule has 156 valence electrons. The van der Waals surface area contributed by atoms with Crippen molar-refractivity contribution < 1.29 is 17.6 Å². The van der Waals surface area contributed by atoms with Gasteiger partial charge in [-0.2, -0.15) is 5.10 Å². The van der Waals surface area contributed by atoms with Gasteiger partial charge in [0, 0.05) is 23.5 Å². The van der Waals surface area contributed by atoms with E-state index in [4.69, 9.17) is 0 Å². The maximum absolute atomic E-state index is 14.6. The molecule has 7 nitrogen and oxygen atoms in total. The Bertz CT molecular complexity index is 1240. The lowest BCUT2D eigenvalue weighted by Crippen LogP contribution is -2.25. The number of sulfonamides is 1. The average molecular weight is 428 g/mol. The molecule has 0 saturated carbocycles. The smallest absolute Gasteiger partial charge is 0.255 e. The van der Waals surface area contributed by atoms with Gasteiger partial charge in [0.1, 0.15) is 5.69 Å². The predicted molar refractivity (Wildman–Crippen MR) is 113 cm³/mol. The van der Waals surface area contributed by atoms with E-state index < -0.39 is 21.7 Å². The Kier molecular flexibility index (Phi) is 5.07. The van der Waals surface area contributed by atoms with Gasteiger partial charge in [0.05, 0.1) is 17.1 Å². The van der Waals surface area contributed by atoms with Gasteiger partial charge in [0.2, 0.25) is 10.0 Å². The number of hydrogen-bond acceptors (Lipinski definition) is 4. The highest BCUT2D eigenvalue weighted by molar-refractivity contribution is 7.93. The summed E-state index contributed by atoms with van der Waals surface area (Å²) < 4.78 is 41.7. The Hall–Kier alpha value is -3.20. The van der Waals surface area contributed by atoms with Gasteiger partial charge in [-0.3, -0.25) is 9.10 Å². The molecule has 0 atom stereocenters. The number of amides is 1. The Morgan fingerprint density at radius 2 is 1.93 bits per heavy atom. The number of rotatable bonds is 4. The fourth-order valence-corrected chi connectivity index (χ4v) is 5.12. The highest BCUT2D eigenvalue weighted by Gasteiger charge is 2.28. The first kappa shape index (κ1) is 20.1. The third kappa shape index (κ3) is 3.80. The van der Waals surface area contributed by atoms with Crippen LogP contribution in [0.1, 0.15) is 28.2 Å². The Morgan fingerprint density at radius 1 is 1.13 bits per heavy atom. The van der Waals surface area contributed by atoms with Crippen molar-refractivity contribution in [2.75, 3.05) is 21.9 Å². The van der Waals surface area contributed by atoms with Crippen LogP contribution in [0.2, 0.25) is 0 Å². The lowest BCUT2D eigenvalue weighted by molar-refractivity contribution is 0.102. The molecule has 1 amide bonds. The van der Waals surface area contributed by atoms with Crippen LogP contribution in [0.25, 0.3) is 5.69 Å². The van der Waals surface area contributed by atoms with Gasteiger partial charge in [-0.15, -0.1) is 0 Å². The van der Waals surface area contributed by atoms with Crippen LogP contribution in [0.15, 0.2) is 48.5 Å². The Labute approximate surface area is 174 Å². The molecule has 4 rings (SSSR count). The van der Waals surface area contributed by atoms with Gasteiger partial charge in [-0.05, 0) is 62.7 Å². The largest absolute Gasteiger partial charge is 0.322 e. The number of benzene rings is 2. The summed E-state index contributed by atoms with van der Waals surface area (Å²) in [6.45, 7) is 4.06. The second-order valence-corrected chi connectivity index (χ2v) is 9.26. The molecule has 1 aliphatic rings. The van der Waals surface area contributed by atoms with E-state index in [1.807, 2.05) is 19.9 Å². The minimum atomic E-state index is -3.34. The minimum Gasteiger partial charge on any atom is -0.322 e. The van der Waals surface area contributed by atoms with Gasteiger partial charge in [-0.25, -0.2) is 17.5 Å². The third-order valence-electron chi connectivity index (χ3n) is 4.94. The van der Waals surface area contributed by atoms with Crippen molar-refractivity contribution in [3.05, 3.63) is 71.3 Å². The maximum Gasteiger partial charge on any atom is 0.255 e. The Morgan fingerprint density at radius 3 is 2.57 bits per heavy atom. The van der Waals surface area contributed by atoms with Crippen molar-refractivity contribution in [1.82, 2.24) is 9.78 Å². The first-order valence-corrected chi connectivity index (χ1v) is 11.1. The fourth-order valence-electron chi connectivity index (χ4n) is 3.56. The van der Waals surface area contributed by atoms with Gasteiger partial charge in [-0.1, -0.05) is 6.07 Å². The van der Waals surface area contributed by atoms with Crippen LogP contribution >= 0.6 is 0 Å². The van der Waals surface area contributed by atoms with Crippen molar-refractivity contribution in [3.8, 4) is 5.69 Å². The minimum absolute atomic E-state index is 0.101. The van der Waals surface area contributed by atoms with Crippen LogP contribution in [0.3, 0.4) is 0 Å². The van der Waals surface area contributed by atoms with E-state index in [1.165, 1.54) is 21.1 Å². The zero-order valence-electron chi connectivity index (χ0n) is 16.6. The van der Waals surface area contributed by atoms with E-state index in [0.717, 1.165) is 11.4 Å². The van der Waals surface area contributed by atoms with Crippen molar-refractivity contribution in [2.45, 2.75) is 20.3 Å². The molecule has 1 N–H and O–H groups in total. The number of nitrogens with one attached hydrogen (secondary N) is 1. The summed E-state index contributed by atoms with van der Waals surface area (Å²) in [5.74, 6) is -0.868. The molecule has 1 fully saturated rings. The summed E-state index contributed by atoms with van der Waals surface area (Å²) in [5, 5.41) is 6.93. The number of aryl methyl sites for hydroxylation is 2. The van der Waals surface area contributed by atoms with Gasteiger partial charge < -0.3 is 5.32 Å². The summed E-state index contributed by atoms with van der Waals surface area (Å²) in [5.41, 5.74) is 2.91. The van der Waals surface area contributed by atoms with E-state index in [0.29, 0.717) is 30.0 Å². The Balaban J connectivity index is 1.55. The highest BCUT2D eigenvalue weighted by atomic mass is 32.2. The topological polar surface area (TPSA) is 84.3 Å². The van der Waals surface area contributed by atoms with Crippen LogP contribution in [-0.4, -0.2) is 36.4 Å². The first-order chi connectivity index (χ1) is 14.2. The molecule has 1 saturated heterocycles. The lowest BCUT2D eigenvalue weighted by Gasteiger charge is -2.17. The number of anilines is 2. The lowest BCUT2D eigenvalue weighted by atomic mass is 10.1. The third-order valence-corrected chi connectivity index (χ3v) is 6.81. The van der Waals surface area contributed by atoms with Crippen molar-refractivity contribution in [3.63, 3.8) is 0 Å². The summed E-state index contributed by atoms with van der Waals surface area (Å²) >= 11 is 0. The predicted octanol–water partition coefficient (Wildman–Crippen LogP) is 3.42. The van der Waals surface area contributed by atoms with Crippen molar-refractivity contribution >= 4 is 27.3 Å². The van der Waals surface area contributed by atoms with Gasteiger partial charge in [0.25, 0.3) is 5.91 Å². The van der Waals surface area contributed by atoms with E-state index in [2.05, 4.69) is 10.4 Å². The van der Waals surface area contributed by atoms with Crippen LogP contribution in [-0.2, 0) is 10.0 Å². The standard InChI is InChI=1S/C21H21FN4O3S/c1-14-11-15(2)26(24-14)20-8-7-17(13-19(20)22)23-21(27)16-5-3-6-18(12-16)25-9-4-10-30(25,28)29/h3,5-8,11-13H,4,9-10H2,1-2H3,(H,23,27). The number of halogens is 1. The molecule has 1 aliphatic heterocycles. The quantitative estimate of drug-likeness (QED) is 0.690. The maximum atomic E-state index is 14.6. The monoisotopic (exact) mass is 428 g/mol. The molecule has 0 aliphatic carbocycles. The molecule has 2 heterocycles. The SMILES string of the molecule is Cc1cc(C)n(-c2ccc(NC(=O)c3cccc(N4CCCS4(=O)=O)c3)cc2F)n1. The number of hydrogen-bond donors (Lipinski definition) is 1. The molecular weight excluding hydrogens is 407 g/mol. The average Bonchev–Trinajstić information content (AvgIpc) is 3.22. The number of aromatic nitrogens is 2. The molecule has 0 unspecified atom stereocenters. The molecular formula is C21H21FN4O3S. The molecule has 1 aromatic heterocycles.